The molecule has 0 bridgehead atoms. The third-order valence-electron chi connectivity index (χ3n) is 4.73. The molecule has 1 aliphatic rings. The lowest BCUT2D eigenvalue weighted by Gasteiger charge is -2.44. The normalized spacial score (nSPS) is 27.8. The Bertz CT molecular complexity index is 730. The van der Waals surface area contributed by atoms with E-state index in [9.17, 15) is 23.9 Å². The van der Waals surface area contributed by atoms with Crippen molar-refractivity contribution >= 4 is 17.7 Å². The molecule has 0 aromatic heterocycles. The molecule has 4 atom stereocenters. The molecule has 154 valence electrons. The first-order valence-electron chi connectivity index (χ1n) is 9.35. The second-order valence-corrected chi connectivity index (χ2v) is 8.00. The molecule has 28 heavy (non-hydrogen) atoms. The van der Waals surface area contributed by atoms with Crippen LogP contribution in [0.3, 0.4) is 0 Å². The molecule has 0 amide bonds. The average molecular weight is 394 g/mol. The van der Waals surface area contributed by atoms with E-state index < -0.39 is 59.1 Å². The van der Waals surface area contributed by atoms with Crippen LogP contribution in [0.5, 0.6) is 0 Å². The SMILES string of the molecule is CC(C)OC(=O)[C@@H]1C(=O)C[C@](C)(O)[C@@H](C(=O)OC(C)C)[C@H]1c1ccc(F)cc1. The minimum atomic E-state index is -1.73. The molecule has 1 aromatic rings. The van der Waals surface area contributed by atoms with E-state index in [2.05, 4.69) is 0 Å². The van der Waals surface area contributed by atoms with Crippen molar-refractivity contribution in [2.24, 2.45) is 11.8 Å². The highest BCUT2D eigenvalue weighted by Gasteiger charge is 2.57. The van der Waals surface area contributed by atoms with Gasteiger partial charge in [0, 0.05) is 12.3 Å². The van der Waals surface area contributed by atoms with Crippen LogP contribution < -0.4 is 0 Å². The van der Waals surface area contributed by atoms with Gasteiger partial charge < -0.3 is 14.6 Å². The number of hydrogen-bond donors (Lipinski definition) is 1. The number of ketones is 1. The summed E-state index contributed by atoms with van der Waals surface area (Å²) in [6.45, 7) is 8.01. The second kappa shape index (κ2) is 8.39. The number of carbonyl (C=O) groups excluding carboxylic acids is 3. The fourth-order valence-electron chi connectivity index (χ4n) is 3.71. The van der Waals surface area contributed by atoms with Gasteiger partial charge in [0.15, 0.2) is 5.78 Å². The Morgan fingerprint density at radius 1 is 1.07 bits per heavy atom. The molecule has 0 saturated heterocycles. The van der Waals surface area contributed by atoms with Crippen LogP contribution in [0.1, 0.15) is 52.5 Å². The lowest BCUT2D eigenvalue weighted by Crippen LogP contribution is -2.55. The van der Waals surface area contributed by atoms with Crippen LogP contribution in [0, 0.1) is 17.7 Å². The summed E-state index contributed by atoms with van der Waals surface area (Å²) in [7, 11) is 0. The highest BCUT2D eigenvalue weighted by Crippen LogP contribution is 2.47. The summed E-state index contributed by atoms with van der Waals surface area (Å²) in [5.74, 6) is -6.04. The molecule has 0 unspecified atom stereocenters. The van der Waals surface area contributed by atoms with Crippen molar-refractivity contribution in [3.8, 4) is 0 Å². The Morgan fingerprint density at radius 2 is 1.57 bits per heavy atom. The number of halogens is 1. The van der Waals surface area contributed by atoms with Gasteiger partial charge in [-0.05, 0) is 52.3 Å². The van der Waals surface area contributed by atoms with Crippen molar-refractivity contribution in [3.05, 3.63) is 35.6 Å². The first-order chi connectivity index (χ1) is 12.9. The quantitative estimate of drug-likeness (QED) is 0.610. The summed E-state index contributed by atoms with van der Waals surface area (Å²) in [6.07, 6.45) is -1.30. The van der Waals surface area contributed by atoms with Gasteiger partial charge in [-0.25, -0.2) is 4.39 Å². The number of hydrogen-bond acceptors (Lipinski definition) is 6. The summed E-state index contributed by atoms with van der Waals surface area (Å²) in [4.78, 5) is 38.4. The molecule has 6 nitrogen and oxygen atoms in total. The predicted molar refractivity (Wildman–Crippen MR) is 98.8 cm³/mol. The fourth-order valence-corrected chi connectivity index (χ4v) is 3.71. The van der Waals surface area contributed by atoms with Crippen molar-refractivity contribution in [1.29, 1.82) is 0 Å². The number of esters is 2. The topological polar surface area (TPSA) is 89.9 Å². The van der Waals surface area contributed by atoms with E-state index in [0.717, 1.165) is 0 Å². The third kappa shape index (κ3) is 4.76. The molecule has 0 spiro atoms. The van der Waals surface area contributed by atoms with Gasteiger partial charge in [0.25, 0.3) is 0 Å². The zero-order chi connectivity index (χ0) is 21.2. The van der Waals surface area contributed by atoms with Gasteiger partial charge in [0.2, 0.25) is 0 Å². The molecule has 2 rings (SSSR count). The van der Waals surface area contributed by atoms with E-state index in [1.165, 1.54) is 31.2 Å². The van der Waals surface area contributed by atoms with E-state index >= 15 is 0 Å². The standard InChI is InChI=1S/C21H27FO6/c1-11(2)27-19(24)17-15(23)10-21(5,26)18(20(25)28-12(3)4)16(17)13-6-8-14(22)9-7-13/h6-9,11-12,16-18,26H,10H2,1-5H3/t16-,17+,18+,21-/m0/s1. The van der Waals surface area contributed by atoms with Gasteiger partial charge in [0.05, 0.1) is 23.7 Å². The van der Waals surface area contributed by atoms with Crippen LogP contribution in [-0.2, 0) is 23.9 Å². The third-order valence-corrected chi connectivity index (χ3v) is 4.73. The summed E-state index contributed by atoms with van der Waals surface area (Å²) in [5, 5.41) is 10.9. The van der Waals surface area contributed by atoms with Crippen molar-refractivity contribution in [1.82, 2.24) is 0 Å². The maximum Gasteiger partial charge on any atom is 0.317 e. The number of carbonyl (C=O) groups is 3. The summed E-state index contributed by atoms with van der Waals surface area (Å²) in [6, 6.07) is 5.16. The van der Waals surface area contributed by atoms with Crippen LogP contribution in [0.15, 0.2) is 24.3 Å². The zero-order valence-electron chi connectivity index (χ0n) is 16.8. The Morgan fingerprint density at radius 3 is 2.07 bits per heavy atom. The molecule has 0 aliphatic heterocycles. The summed E-state index contributed by atoms with van der Waals surface area (Å²) >= 11 is 0. The number of ether oxygens (including phenoxy) is 2. The molecule has 1 N–H and O–H groups in total. The number of Topliss-reactive ketones (excluding diaryl/α,β-unsaturated/α-hetero) is 1. The van der Waals surface area contributed by atoms with Crippen LogP contribution in [-0.4, -0.2) is 40.6 Å². The van der Waals surface area contributed by atoms with Crippen LogP contribution in [0.2, 0.25) is 0 Å². The summed E-state index contributed by atoms with van der Waals surface area (Å²) < 4.78 is 24.0. The molecule has 1 aromatic carbocycles. The van der Waals surface area contributed by atoms with Gasteiger partial charge in [0.1, 0.15) is 11.7 Å². The van der Waals surface area contributed by atoms with E-state index in [1.54, 1.807) is 27.7 Å². The fraction of sp³-hybridized carbons (Fsp3) is 0.571. The van der Waals surface area contributed by atoms with E-state index in [-0.39, 0.29) is 6.42 Å². The second-order valence-electron chi connectivity index (χ2n) is 8.00. The van der Waals surface area contributed by atoms with Crippen molar-refractivity contribution in [3.63, 3.8) is 0 Å². The highest BCUT2D eigenvalue weighted by atomic mass is 19.1. The molecule has 7 heteroatoms. The molecule has 0 radical (unpaired) electrons. The Labute approximate surface area is 164 Å². The lowest BCUT2D eigenvalue weighted by atomic mass is 9.61. The number of aliphatic hydroxyl groups is 1. The molecule has 0 heterocycles. The highest BCUT2D eigenvalue weighted by molar-refractivity contribution is 6.02. The zero-order valence-corrected chi connectivity index (χ0v) is 16.8. The average Bonchev–Trinajstić information content (AvgIpc) is 2.52. The van der Waals surface area contributed by atoms with Gasteiger partial charge >= 0.3 is 11.9 Å². The van der Waals surface area contributed by atoms with E-state index in [0.29, 0.717) is 5.56 Å². The first-order valence-corrected chi connectivity index (χ1v) is 9.35. The number of benzene rings is 1. The van der Waals surface area contributed by atoms with Gasteiger partial charge in [-0.3, -0.25) is 14.4 Å². The van der Waals surface area contributed by atoms with Crippen LogP contribution in [0.4, 0.5) is 4.39 Å². The van der Waals surface area contributed by atoms with Gasteiger partial charge in [-0.15, -0.1) is 0 Å². The Balaban J connectivity index is 2.59. The minimum absolute atomic E-state index is 0.381. The molecular weight excluding hydrogens is 367 g/mol. The summed E-state index contributed by atoms with van der Waals surface area (Å²) in [5.41, 5.74) is -1.34. The van der Waals surface area contributed by atoms with Gasteiger partial charge in [-0.2, -0.15) is 0 Å². The van der Waals surface area contributed by atoms with E-state index in [1.807, 2.05) is 0 Å². The predicted octanol–water partition coefficient (Wildman–Crippen LogP) is 2.77. The van der Waals surface area contributed by atoms with Gasteiger partial charge in [-0.1, -0.05) is 12.1 Å². The lowest BCUT2D eigenvalue weighted by molar-refractivity contribution is -0.176. The monoisotopic (exact) mass is 394 g/mol. The number of rotatable bonds is 5. The van der Waals surface area contributed by atoms with E-state index in [4.69, 9.17) is 9.47 Å². The Hall–Kier alpha value is -2.28. The minimum Gasteiger partial charge on any atom is -0.463 e. The van der Waals surface area contributed by atoms with Crippen molar-refractivity contribution < 1.29 is 33.4 Å². The van der Waals surface area contributed by atoms with Crippen LogP contribution in [0.25, 0.3) is 0 Å². The molecule has 1 aliphatic carbocycles. The van der Waals surface area contributed by atoms with Crippen molar-refractivity contribution in [2.45, 2.75) is 64.8 Å². The molecule has 1 fully saturated rings. The van der Waals surface area contributed by atoms with Crippen LogP contribution >= 0.6 is 0 Å². The largest absolute Gasteiger partial charge is 0.463 e. The Kier molecular flexibility index (Phi) is 6.59. The first kappa shape index (κ1) is 22.0. The smallest absolute Gasteiger partial charge is 0.317 e. The molecule has 1 saturated carbocycles. The maximum absolute atomic E-state index is 13.4. The molecular formula is C21H27FO6. The maximum atomic E-state index is 13.4. The van der Waals surface area contributed by atoms with Crippen molar-refractivity contribution in [2.75, 3.05) is 0 Å².